The van der Waals surface area contributed by atoms with Crippen LogP contribution < -0.4 is 9.47 Å². The third kappa shape index (κ3) is 3.34. The van der Waals surface area contributed by atoms with Gasteiger partial charge in [0.05, 0.1) is 19.1 Å². The van der Waals surface area contributed by atoms with Crippen LogP contribution in [0.25, 0.3) is 0 Å². The Labute approximate surface area is 153 Å². The number of rotatable bonds is 4. The maximum absolute atomic E-state index is 13.0. The van der Waals surface area contributed by atoms with Gasteiger partial charge in [-0.25, -0.2) is 8.42 Å². The van der Waals surface area contributed by atoms with E-state index in [1.807, 2.05) is 19.1 Å². The molecule has 0 fully saturated rings. The van der Waals surface area contributed by atoms with E-state index in [-0.39, 0.29) is 10.9 Å². The number of benzene rings is 2. The fourth-order valence-electron chi connectivity index (χ4n) is 3.11. The second-order valence-electron chi connectivity index (χ2n) is 6.03. The van der Waals surface area contributed by atoms with Crippen molar-refractivity contribution in [2.45, 2.75) is 30.8 Å². The van der Waals surface area contributed by atoms with Gasteiger partial charge in [-0.3, -0.25) is 0 Å². The minimum absolute atomic E-state index is 0.161. The molecule has 7 heteroatoms. The van der Waals surface area contributed by atoms with Crippen molar-refractivity contribution in [3.05, 3.63) is 52.5 Å². The minimum atomic E-state index is -3.60. The van der Waals surface area contributed by atoms with Crippen molar-refractivity contribution in [1.29, 1.82) is 0 Å². The third-order valence-corrected chi connectivity index (χ3v) is 6.69. The van der Waals surface area contributed by atoms with E-state index in [0.29, 0.717) is 29.5 Å². The summed E-state index contributed by atoms with van der Waals surface area (Å²) in [6.07, 6.45) is 0.614. The van der Waals surface area contributed by atoms with Gasteiger partial charge in [0.15, 0.2) is 11.5 Å². The highest BCUT2D eigenvalue weighted by Gasteiger charge is 2.34. The van der Waals surface area contributed by atoms with Gasteiger partial charge in [-0.1, -0.05) is 11.6 Å². The molecule has 0 saturated carbocycles. The highest BCUT2D eigenvalue weighted by atomic mass is 35.5. The molecule has 3 rings (SSSR count). The highest BCUT2D eigenvalue weighted by molar-refractivity contribution is 7.89. The average molecular weight is 382 g/mol. The molecule has 0 saturated heterocycles. The average Bonchev–Trinajstić information content (AvgIpc) is 2.60. The Morgan fingerprint density at radius 3 is 2.16 bits per heavy atom. The Kier molecular flexibility index (Phi) is 4.95. The lowest BCUT2D eigenvalue weighted by Crippen LogP contribution is -2.42. The molecule has 0 radical (unpaired) electrons. The van der Waals surface area contributed by atoms with Gasteiger partial charge in [-0.05, 0) is 60.9 Å². The molecule has 2 aromatic rings. The smallest absolute Gasteiger partial charge is 0.243 e. The summed E-state index contributed by atoms with van der Waals surface area (Å²) in [6.45, 7) is 2.20. The van der Waals surface area contributed by atoms with Crippen LogP contribution in [0.4, 0.5) is 0 Å². The number of methoxy groups -OCH3 is 2. The first-order valence-electron chi connectivity index (χ1n) is 7.88. The topological polar surface area (TPSA) is 55.8 Å². The lowest BCUT2D eigenvalue weighted by Gasteiger charge is -2.34. The SMILES string of the molecule is COc1cc2c(cc1OC)CN(S(=O)(=O)c1ccc(Cl)cc1)C(C)C2. The van der Waals surface area contributed by atoms with Crippen LogP contribution in [0.1, 0.15) is 18.1 Å². The molecule has 1 atom stereocenters. The standard InChI is InChI=1S/C18H20ClNO4S/c1-12-8-13-9-17(23-2)18(24-3)10-14(13)11-20(12)25(21,22)16-6-4-15(19)5-7-16/h4-7,9-10,12H,8,11H2,1-3H3. The number of sulfonamides is 1. The van der Waals surface area contributed by atoms with E-state index in [1.54, 1.807) is 26.4 Å². The molecule has 0 aromatic heterocycles. The van der Waals surface area contributed by atoms with Crippen molar-refractivity contribution in [2.75, 3.05) is 14.2 Å². The van der Waals surface area contributed by atoms with E-state index in [9.17, 15) is 8.42 Å². The van der Waals surface area contributed by atoms with Crippen LogP contribution in [0.15, 0.2) is 41.3 Å². The van der Waals surface area contributed by atoms with E-state index in [1.165, 1.54) is 16.4 Å². The molecule has 0 aliphatic carbocycles. The molecule has 0 N–H and O–H groups in total. The summed E-state index contributed by atoms with van der Waals surface area (Å²) < 4.78 is 38.2. The summed E-state index contributed by atoms with van der Waals surface area (Å²) in [5.74, 6) is 1.25. The fraction of sp³-hybridized carbons (Fsp3) is 0.333. The summed E-state index contributed by atoms with van der Waals surface area (Å²) in [4.78, 5) is 0.243. The summed E-state index contributed by atoms with van der Waals surface area (Å²) in [6, 6.07) is 9.87. The van der Waals surface area contributed by atoms with Crippen molar-refractivity contribution in [3.8, 4) is 11.5 Å². The van der Waals surface area contributed by atoms with Crippen LogP contribution in [0, 0.1) is 0 Å². The van der Waals surface area contributed by atoms with Crippen molar-refractivity contribution in [3.63, 3.8) is 0 Å². The van der Waals surface area contributed by atoms with Gasteiger partial charge in [0, 0.05) is 17.6 Å². The molecule has 1 heterocycles. The molecule has 0 spiro atoms. The lowest BCUT2D eigenvalue weighted by molar-refractivity contribution is 0.305. The minimum Gasteiger partial charge on any atom is -0.493 e. The second-order valence-corrected chi connectivity index (χ2v) is 8.36. The molecule has 1 aliphatic rings. The number of hydrogen-bond acceptors (Lipinski definition) is 4. The first-order chi connectivity index (χ1) is 11.9. The quantitative estimate of drug-likeness (QED) is 0.813. The van der Waals surface area contributed by atoms with Crippen LogP contribution in [-0.2, 0) is 23.0 Å². The molecule has 25 heavy (non-hydrogen) atoms. The zero-order valence-electron chi connectivity index (χ0n) is 14.3. The van der Waals surface area contributed by atoms with Crippen LogP contribution >= 0.6 is 11.6 Å². The molecule has 1 unspecified atom stereocenters. The highest BCUT2D eigenvalue weighted by Crippen LogP contribution is 2.36. The number of nitrogens with zero attached hydrogens (tertiary/aromatic N) is 1. The zero-order valence-corrected chi connectivity index (χ0v) is 15.9. The predicted molar refractivity (Wildman–Crippen MR) is 96.9 cm³/mol. The van der Waals surface area contributed by atoms with Crippen LogP contribution in [0.5, 0.6) is 11.5 Å². The summed E-state index contributed by atoms with van der Waals surface area (Å²) in [7, 11) is -0.445. The van der Waals surface area contributed by atoms with Crippen LogP contribution in [0.2, 0.25) is 5.02 Å². The first-order valence-corrected chi connectivity index (χ1v) is 9.69. The molecule has 1 aliphatic heterocycles. The number of halogens is 1. The number of fused-ring (bicyclic) bond motifs is 1. The third-order valence-electron chi connectivity index (χ3n) is 4.46. The monoisotopic (exact) mass is 381 g/mol. The molecular weight excluding hydrogens is 362 g/mol. The van der Waals surface area contributed by atoms with E-state index < -0.39 is 10.0 Å². The van der Waals surface area contributed by atoms with Gasteiger partial charge in [0.2, 0.25) is 10.0 Å². The second kappa shape index (κ2) is 6.86. The molecule has 0 bridgehead atoms. The first kappa shape index (κ1) is 18.0. The molecule has 134 valence electrons. The summed E-state index contributed by atoms with van der Waals surface area (Å²) in [5.41, 5.74) is 2.00. The van der Waals surface area contributed by atoms with Crippen molar-refractivity contribution in [1.82, 2.24) is 4.31 Å². The van der Waals surface area contributed by atoms with Gasteiger partial charge in [-0.15, -0.1) is 0 Å². The number of ether oxygens (including phenoxy) is 2. The Morgan fingerprint density at radius 2 is 1.60 bits per heavy atom. The summed E-state index contributed by atoms with van der Waals surface area (Å²) >= 11 is 5.87. The van der Waals surface area contributed by atoms with Gasteiger partial charge in [-0.2, -0.15) is 4.31 Å². The fourth-order valence-corrected chi connectivity index (χ4v) is 4.84. The van der Waals surface area contributed by atoms with E-state index in [4.69, 9.17) is 21.1 Å². The molecule has 5 nitrogen and oxygen atoms in total. The van der Waals surface area contributed by atoms with E-state index in [2.05, 4.69) is 0 Å². The number of hydrogen-bond donors (Lipinski definition) is 0. The Morgan fingerprint density at radius 1 is 1.04 bits per heavy atom. The van der Waals surface area contributed by atoms with Gasteiger partial charge in [0.25, 0.3) is 0 Å². The Bertz CT molecular complexity index is 881. The summed E-state index contributed by atoms with van der Waals surface area (Å²) in [5, 5.41) is 0.507. The predicted octanol–water partition coefficient (Wildman–Crippen LogP) is 3.49. The largest absolute Gasteiger partial charge is 0.493 e. The molecular formula is C18H20ClNO4S. The van der Waals surface area contributed by atoms with Crippen molar-refractivity contribution < 1.29 is 17.9 Å². The van der Waals surface area contributed by atoms with Gasteiger partial charge in [0.1, 0.15) is 0 Å². The van der Waals surface area contributed by atoms with E-state index in [0.717, 1.165) is 11.1 Å². The maximum atomic E-state index is 13.0. The van der Waals surface area contributed by atoms with Crippen LogP contribution in [0.3, 0.4) is 0 Å². The Balaban J connectivity index is 1.99. The van der Waals surface area contributed by atoms with Crippen molar-refractivity contribution >= 4 is 21.6 Å². The van der Waals surface area contributed by atoms with Crippen molar-refractivity contribution in [2.24, 2.45) is 0 Å². The van der Waals surface area contributed by atoms with Gasteiger partial charge >= 0.3 is 0 Å². The van der Waals surface area contributed by atoms with E-state index >= 15 is 0 Å². The Hall–Kier alpha value is -1.76. The molecule has 0 amide bonds. The molecule has 2 aromatic carbocycles. The maximum Gasteiger partial charge on any atom is 0.243 e. The van der Waals surface area contributed by atoms with Crippen LogP contribution in [-0.4, -0.2) is 33.0 Å². The van der Waals surface area contributed by atoms with Gasteiger partial charge < -0.3 is 9.47 Å². The normalized spacial score (nSPS) is 17.8. The zero-order chi connectivity index (χ0) is 18.2. The lowest BCUT2D eigenvalue weighted by atomic mass is 9.96.